The molecule has 1 aromatic rings. The zero-order valence-electron chi connectivity index (χ0n) is 9.85. The number of nitrogens with zero attached hydrogens (tertiary/aromatic N) is 2. The second kappa shape index (κ2) is 6.10. The van der Waals surface area contributed by atoms with Crippen molar-refractivity contribution in [3.63, 3.8) is 0 Å². The summed E-state index contributed by atoms with van der Waals surface area (Å²) in [5, 5.41) is 0. The van der Waals surface area contributed by atoms with Crippen LogP contribution in [0.3, 0.4) is 0 Å². The van der Waals surface area contributed by atoms with Gasteiger partial charge in [-0.15, -0.1) is 0 Å². The number of aldehydes is 1. The molecule has 0 fully saturated rings. The molecule has 16 heavy (non-hydrogen) atoms. The molecule has 1 rings (SSSR count). The fourth-order valence-electron chi connectivity index (χ4n) is 1.57. The highest BCUT2D eigenvalue weighted by Gasteiger charge is 2.11. The quantitative estimate of drug-likeness (QED) is 0.403. The van der Waals surface area contributed by atoms with E-state index in [9.17, 15) is 4.79 Å². The van der Waals surface area contributed by atoms with Gasteiger partial charge in [0.05, 0.1) is 6.54 Å². The van der Waals surface area contributed by atoms with E-state index < -0.39 is 0 Å². The molecule has 0 saturated carbocycles. The van der Waals surface area contributed by atoms with Gasteiger partial charge in [-0.3, -0.25) is 4.79 Å². The van der Waals surface area contributed by atoms with Gasteiger partial charge >= 0.3 is 0 Å². The lowest BCUT2D eigenvalue weighted by Crippen LogP contribution is -2.20. The Morgan fingerprint density at radius 2 is 2.50 bits per heavy atom. The van der Waals surface area contributed by atoms with Crippen molar-refractivity contribution in [3.8, 4) is 0 Å². The SMILES string of the molecule is C=C(C=O)OC(CCC)Cn1ccnc1C. The fraction of sp³-hybridized carbons (Fsp3) is 0.500. The molecule has 0 saturated heterocycles. The molecule has 0 aromatic carbocycles. The second-order valence-corrected chi connectivity index (χ2v) is 3.74. The molecule has 0 aliphatic rings. The first-order valence-electron chi connectivity index (χ1n) is 5.45. The molecule has 4 heteroatoms. The Morgan fingerprint density at radius 3 is 3.00 bits per heavy atom. The Hall–Kier alpha value is -1.58. The highest BCUT2D eigenvalue weighted by atomic mass is 16.5. The Kier molecular flexibility index (Phi) is 4.76. The Balaban J connectivity index is 2.60. The van der Waals surface area contributed by atoms with Crippen LogP contribution < -0.4 is 0 Å². The molecule has 1 heterocycles. The number of hydrogen-bond acceptors (Lipinski definition) is 3. The van der Waals surface area contributed by atoms with Crippen molar-refractivity contribution in [2.24, 2.45) is 0 Å². The van der Waals surface area contributed by atoms with Crippen molar-refractivity contribution < 1.29 is 9.53 Å². The van der Waals surface area contributed by atoms with Gasteiger partial charge in [0.25, 0.3) is 0 Å². The van der Waals surface area contributed by atoms with Crippen LogP contribution in [-0.2, 0) is 16.1 Å². The van der Waals surface area contributed by atoms with Gasteiger partial charge in [0.2, 0.25) is 0 Å². The van der Waals surface area contributed by atoms with Gasteiger partial charge in [0.1, 0.15) is 11.9 Å². The minimum Gasteiger partial charge on any atom is -0.486 e. The predicted octanol–water partition coefficient (Wildman–Crippen LogP) is 2.09. The van der Waals surface area contributed by atoms with Crippen molar-refractivity contribution in [3.05, 3.63) is 30.6 Å². The molecular formula is C12H18N2O2. The van der Waals surface area contributed by atoms with Gasteiger partial charge in [-0.05, 0) is 13.3 Å². The van der Waals surface area contributed by atoms with Crippen LogP contribution in [-0.4, -0.2) is 21.9 Å². The summed E-state index contributed by atoms with van der Waals surface area (Å²) in [5.74, 6) is 1.14. The number of ether oxygens (including phenoxy) is 1. The summed E-state index contributed by atoms with van der Waals surface area (Å²) >= 11 is 0. The molecular weight excluding hydrogens is 204 g/mol. The zero-order valence-corrected chi connectivity index (χ0v) is 9.85. The van der Waals surface area contributed by atoms with Gasteiger partial charge < -0.3 is 9.30 Å². The standard InChI is InChI=1S/C12H18N2O2/c1-4-5-12(16-10(2)9-15)8-14-7-6-13-11(14)3/h6-7,9,12H,2,4-5,8H2,1,3H3. The molecule has 0 aliphatic carbocycles. The van der Waals surface area contributed by atoms with Crippen LogP contribution >= 0.6 is 0 Å². The molecule has 0 N–H and O–H groups in total. The van der Waals surface area contributed by atoms with Crippen LogP contribution in [0.4, 0.5) is 0 Å². The van der Waals surface area contributed by atoms with Gasteiger partial charge in [-0.25, -0.2) is 4.98 Å². The third-order valence-electron chi connectivity index (χ3n) is 2.38. The summed E-state index contributed by atoms with van der Waals surface area (Å²) in [6.45, 7) is 8.26. The summed E-state index contributed by atoms with van der Waals surface area (Å²) in [4.78, 5) is 14.6. The monoisotopic (exact) mass is 222 g/mol. The predicted molar refractivity (Wildman–Crippen MR) is 61.9 cm³/mol. The number of allylic oxidation sites excluding steroid dienone is 1. The van der Waals surface area contributed by atoms with Crippen molar-refractivity contribution in [1.82, 2.24) is 9.55 Å². The molecule has 0 radical (unpaired) electrons. The smallest absolute Gasteiger partial charge is 0.184 e. The van der Waals surface area contributed by atoms with E-state index in [1.807, 2.05) is 17.7 Å². The first kappa shape index (κ1) is 12.5. The maximum Gasteiger partial charge on any atom is 0.184 e. The maximum absolute atomic E-state index is 10.5. The fourth-order valence-corrected chi connectivity index (χ4v) is 1.57. The Bertz CT molecular complexity index is 358. The minimum atomic E-state index is -0.0180. The van der Waals surface area contributed by atoms with E-state index in [-0.39, 0.29) is 11.9 Å². The lowest BCUT2D eigenvalue weighted by molar-refractivity contribution is -0.108. The van der Waals surface area contributed by atoms with Crippen molar-refractivity contribution in [2.75, 3.05) is 0 Å². The van der Waals surface area contributed by atoms with Crippen LogP contribution in [0, 0.1) is 6.92 Å². The number of aryl methyl sites for hydroxylation is 1. The van der Waals surface area contributed by atoms with Gasteiger partial charge in [0.15, 0.2) is 12.0 Å². The van der Waals surface area contributed by atoms with E-state index in [2.05, 4.69) is 18.5 Å². The van der Waals surface area contributed by atoms with Gasteiger partial charge in [0, 0.05) is 12.4 Å². The van der Waals surface area contributed by atoms with E-state index >= 15 is 0 Å². The van der Waals surface area contributed by atoms with Crippen LogP contribution in [0.1, 0.15) is 25.6 Å². The second-order valence-electron chi connectivity index (χ2n) is 3.74. The molecule has 1 aromatic heterocycles. The van der Waals surface area contributed by atoms with Crippen molar-refractivity contribution >= 4 is 6.29 Å². The summed E-state index contributed by atoms with van der Waals surface area (Å²) in [5.41, 5.74) is 0. The summed E-state index contributed by atoms with van der Waals surface area (Å²) in [7, 11) is 0. The van der Waals surface area contributed by atoms with E-state index in [0.29, 0.717) is 12.8 Å². The minimum absolute atomic E-state index is 0.0180. The lowest BCUT2D eigenvalue weighted by Gasteiger charge is -2.19. The number of carbonyl (C=O) groups excluding carboxylic acids is 1. The first-order chi connectivity index (χ1) is 7.67. The molecule has 1 atom stereocenters. The highest BCUT2D eigenvalue weighted by molar-refractivity contribution is 5.68. The number of rotatable bonds is 7. The summed E-state index contributed by atoms with van der Waals surface area (Å²) in [6.07, 6.45) is 6.19. The zero-order chi connectivity index (χ0) is 12.0. The largest absolute Gasteiger partial charge is 0.486 e. The topological polar surface area (TPSA) is 44.1 Å². The normalized spacial score (nSPS) is 12.1. The molecule has 4 nitrogen and oxygen atoms in total. The number of hydrogen-bond donors (Lipinski definition) is 0. The number of carbonyl (C=O) groups is 1. The van der Waals surface area contributed by atoms with E-state index in [4.69, 9.17) is 4.74 Å². The average molecular weight is 222 g/mol. The van der Waals surface area contributed by atoms with Gasteiger partial charge in [-0.1, -0.05) is 19.9 Å². The van der Waals surface area contributed by atoms with Crippen molar-refractivity contribution in [1.29, 1.82) is 0 Å². The van der Waals surface area contributed by atoms with Crippen LogP contribution in [0.2, 0.25) is 0 Å². The van der Waals surface area contributed by atoms with E-state index in [1.54, 1.807) is 6.20 Å². The Morgan fingerprint density at radius 1 is 1.75 bits per heavy atom. The molecule has 0 bridgehead atoms. The molecule has 88 valence electrons. The number of aromatic nitrogens is 2. The van der Waals surface area contributed by atoms with Gasteiger partial charge in [-0.2, -0.15) is 0 Å². The van der Waals surface area contributed by atoms with Crippen LogP contribution in [0.25, 0.3) is 0 Å². The molecule has 0 spiro atoms. The Labute approximate surface area is 95.9 Å². The molecule has 1 unspecified atom stereocenters. The third-order valence-corrected chi connectivity index (χ3v) is 2.38. The third kappa shape index (κ3) is 3.53. The van der Waals surface area contributed by atoms with E-state index in [0.717, 1.165) is 18.7 Å². The lowest BCUT2D eigenvalue weighted by atomic mass is 10.2. The summed E-state index contributed by atoms with van der Waals surface area (Å²) in [6, 6.07) is 0. The van der Waals surface area contributed by atoms with E-state index in [1.165, 1.54) is 0 Å². The molecule has 0 aliphatic heterocycles. The summed E-state index contributed by atoms with van der Waals surface area (Å²) < 4.78 is 7.47. The molecule has 0 amide bonds. The van der Waals surface area contributed by atoms with Crippen LogP contribution in [0.15, 0.2) is 24.7 Å². The first-order valence-corrected chi connectivity index (χ1v) is 5.45. The van der Waals surface area contributed by atoms with Crippen LogP contribution in [0.5, 0.6) is 0 Å². The van der Waals surface area contributed by atoms with Crippen molar-refractivity contribution in [2.45, 2.75) is 39.3 Å². The average Bonchev–Trinajstić information content (AvgIpc) is 2.64. The highest BCUT2D eigenvalue weighted by Crippen LogP contribution is 2.10. The number of imidazole rings is 1. The maximum atomic E-state index is 10.5.